The second-order valence-corrected chi connectivity index (χ2v) is 21.3. The summed E-state index contributed by atoms with van der Waals surface area (Å²) in [6.45, 7) is 16.1. The Morgan fingerprint density at radius 3 is 2.17 bits per heavy atom. The van der Waals surface area contributed by atoms with Crippen molar-refractivity contribution in [3.63, 3.8) is 0 Å². The lowest BCUT2D eigenvalue weighted by Gasteiger charge is -2.33. The van der Waals surface area contributed by atoms with Crippen molar-refractivity contribution in [1.29, 1.82) is 0 Å². The van der Waals surface area contributed by atoms with E-state index in [-0.39, 0.29) is 22.7 Å². The standard InChI is InChI=1S/C24H34O3Si2/c1-22(2)14-17-18(29(7,8)16-12-10-9-11-13-16)20(25)24(28(4,5)6)19(21(26)27-3)23(17,24)15-22/h9-13,19H,14-15H2,1-8H3/t19-,23-,24+/m1/s1. The number of hydrogen-bond donors (Lipinski definition) is 0. The highest BCUT2D eigenvalue weighted by molar-refractivity contribution is 7.01. The molecule has 3 atom stereocenters. The second kappa shape index (κ2) is 5.82. The van der Waals surface area contributed by atoms with Crippen molar-refractivity contribution in [2.24, 2.45) is 16.7 Å². The molecule has 3 nitrogen and oxygen atoms in total. The molecule has 5 heteroatoms. The minimum absolute atomic E-state index is 0.107. The molecule has 3 aliphatic rings. The molecule has 0 N–H and O–H groups in total. The highest BCUT2D eigenvalue weighted by Crippen LogP contribution is 2.92. The third kappa shape index (κ3) is 2.29. The van der Waals surface area contributed by atoms with Gasteiger partial charge < -0.3 is 4.74 Å². The van der Waals surface area contributed by atoms with Crippen molar-refractivity contribution in [1.82, 2.24) is 0 Å². The summed E-state index contributed by atoms with van der Waals surface area (Å²) in [5, 5.41) is 1.90. The van der Waals surface area contributed by atoms with Crippen molar-refractivity contribution in [2.45, 2.75) is 64.5 Å². The minimum atomic E-state index is -2.17. The number of Topliss-reactive ketones (excluding diaryl/α,β-unsaturated/α-hetero) is 1. The molecule has 0 bridgehead atoms. The van der Waals surface area contributed by atoms with E-state index in [2.05, 4.69) is 70.8 Å². The van der Waals surface area contributed by atoms with E-state index >= 15 is 0 Å². The molecule has 0 saturated heterocycles. The molecular formula is C24H34O3Si2. The third-order valence-corrected chi connectivity index (χ3v) is 15.0. The maximum Gasteiger partial charge on any atom is 0.310 e. The van der Waals surface area contributed by atoms with Gasteiger partial charge in [-0.3, -0.25) is 9.59 Å². The van der Waals surface area contributed by atoms with E-state index in [1.807, 2.05) is 6.07 Å². The first-order chi connectivity index (χ1) is 13.3. The van der Waals surface area contributed by atoms with Gasteiger partial charge in [0.1, 0.15) is 8.07 Å². The molecule has 0 heterocycles. The molecule has 156 valence electrons. The molecule has 29 heavy (non-hydrogen) atoms. The number of allylic oxidation sites excluding steroid dienone is 2. The first kappa shape index (κ1) is 20.8. The molecule has 0 amide bonds. The van der Waals surface area contributed by atoms with E-state index in [1.54, 1.807) is 0 Å². The van der Waals surface area contributed by atoms with Crippen LogP contribution in [0, 0.1) is 16.7 Å². The number of ether oxygens (including phenoxy) is 1. The van der Waals surface area contributed by atoms with Crippen molar-refractivity contribution >= 4 is 33.1 Å². The molecule has 1 aromatic carbocycles. The fourth-order valence-electron chi connectivity index (χ4n) is 7.33. The average molecular weight is 427 g/mol. The van der Waals surface area contributed by atoms with E-state index in [0.717, 1.165) is 18.0 Å². The van der Waals surface area contributed by atoms with E-state index in [0.29, 0.717) is 5.78 Å². The highest BCUT2D eigenvalue weighted by atomic mass is 28.3. The van der Waals surface area contributed by atoms with Crippen LogP contribution in [0.25, 0.3) is 0 Å². The quantitative estimate of drug-likeness (QED) is 0.517. The Hall–Kier alpha value is -1.47. The van der Waals surface area contributed by atoms with Gasteiger partial charge in [0.15, 0.2) is 5.78 Å². The Morgan fingerprint density at radius 1 is 1.07 bits per heavy atom. The molecule has 2 fully saturated rings. The first-order valence-electron chi connectivity index (χ1n) is 10.7. The number of rotatable bonds is 4. The maximum atomic E-state index is 14.4. The SMILES string of the molecule is COC(=O)[C@@H]1[C@@]23CC(C)(C)CC2=C([Si](C)(C)c2ccccc2)C(=O)[C@@]13[Si](C)(C)C. The van der Waals surface area contributed by atoms with Crippen LogP contribution in [0.1, 0.15) is 26.7 Å². The smallest absolute Gasteiger partial charge is 0.310 e. The van der Waals surface area contributed by atoms with Gasteiger partial charge in [-0.1, -0.05) is 87.7 Å². The van der Waals surface area contributed by atoms with Gasteiger partial charge in [-0.05, 0) is 23.5 Å². The van der Waals surface area contributed by atoms with Crippen molar-refractivity contribution in [2.75, 3.05) is 7.11 Å². The van der Waals surface area contributed by atoms with Gasteiger partial charge in [-0.25, -0.2) is 0 Å². The summed E-state index contributed by atoms with van der Waals surface area (Å²) in [4.78, 5) is 27.4. The zero-order chi connectivity index (χ0) is 21.6. The molecule has 2 saturated carbocycles. The van der Waals surface area contributed by atoms with Gasteiger partial charge in [0, 0.05) is 5.41 Å². The lowest BCUT2D eigenvalue weighted by molar-refractivity contribution is -0.143. The van der Waals surface area contributed by atoms with E-state index in [9.17, 15) is 9.59 Å². The van der Waals surface area contributed by atoms with Gasteiger partial charge in [-0.2, -0.15) is 0 Å². The Morgan fingerprint density at radius 2 is 1.66 bits per heavy atom. The van der Waals surface area contributed by atoms with Crippen LogP contribution in [0.5, 0.6) is 0 Å². The Kier molecular flexibility index (Phi) is 4.17. The van der Waals surface area contributed by atoms with Crippen LogP contribution >= 0.6 is 0 Å². The summed E-state index contributed by atoms with van der Waals surface area (Å²) < 4.78 is 5.28. The van der Waals surface area contributed by atoms with Gasteiger partial charge >= 0.3 is 5.97 Å². The summed E-state index contributed by atoms with van der Waals surface area (Å²) in [5.41, 5.74) is 1.14. The summed E-state index contributed by atoms with van der Waals surface area (Å²) >= 11 is 0. The van der Waals surface area contributed by atoms with Gasteiger partial charge in [-0.15, -0.1) is 0 Å². The fourth-order valence-corrected chi connectivity index (χ4v) is 14.3. The molecule has 0 unspecified atom stereocenters. The number of carbonyl (C=O) groups excluding carboxylic acids is 2. The molecule has 1 aromatic rings. The number of hydrogen-bond acceptors (Lipinski definition) is 3. The van der Waals surface area contributed by atoms with Crippen LogP contribution in [-0.4, -0.2) is 35.0 Å². The summed E-state index contributed by atoms with van der Waals surface area (Å²) in [5.74, 6) is -0.146. The van der Waals surface area contributed by atoms with E-state index < -0.39 is 21.2 Å². The van der Waals surface area contributed by atoms with Crippen LogP contribution in [0.3, 0.4) is 0 Å². The summed E-state index contributed by atoms with van der Waals surface area (Å²) in [6, 6.07) is 10.6. The number of methoxy groups -OCH3 is 1. The van der Waals surface area contributed by atoms with Crippen LogP contribution in [-0.2, 0) is 14.3 Å². The number of benzene rings is 1. The van der Waals surface area contributed by atoms with Crippen LogP contribution < -0.4 is 5.19 Å². The maximum absolute atomic E-state index is 14.4. The topological polar surface area (TPSA) is 43.4 Å². The molecule has 0 aromatic heterocycles. The Balaban J connectivity index is 2.00. The minimum Gasteiger partial charge on any atom is -0.469 e. The predicted octanol–water partition coefficient (Wildman–Crippen LogP) is 4.71. The van der Waals surface area contributed by atoms with Crippen LogP contribution in [0.2, 0.25) is 37.8 Å². The highest BCUT2D eigenvalue weighted by Gasteiger charge is 2.92. The van der Waals surface area contributed by atoms with Crippen molar-refractivity contribution < 1.29 is 14.3 Å². The third-order valence-electron chi connectivity index (χ3n) is 8.12. The van der Waals surface area contributed by atoms with Gasteiger partial charge in [0.05, 0.1) is 26.1 Å². The second-order valence-electron chi connectivity index (χ2n) is 11.7. The number of esters is 1. The zero-order valence-corrected chi connectivity index (χ0v) is 21.1. The molecule has 0 radical (unpaired) electrons. The van der Waals surface area contributed by atoms with Crippen LogP contribution in [0.4, 0.5) is 0 Å². The van der Waals surface area contributed by atoms with Gasteiger partial charge in [0.25, 0.3) is 0 Å². The lowest BCUT2D eigenvalue weighted by atomic mass is 9.88. The fraction of sp³-hybridized carbons (Fsp3) is 0.583. The Labute approximate surface area is 176 Å². The van der Waals surface area contributed by atoms with Crippen LogP contribution in [0.15, 0.2) is 41.1 Å². The summed E-state index contributed by atoms with van der Waals surface area (Å²) in [6.07, 6.45) is 1.85. The molecule has 0 aliphatic heterocycles. The lowest BCUT2D eigenvalue weighted by Crippen LogP contribution is -2.49. The largest absolute Gasteiger partial charge is 0.469 e. The van der Waals surface area contributed by atoms with E-state index in [4.69, 9.17) is 4.74 Å². The van der Waals surface area contributed by atoms with Crippen molar-refractivity contribution in [3.8, 4) is 0 Å². The van der Waals surface area contributed by atoms with E-state index in [1.165, 1.54) is 17.9 Å². The first-order valence-corrected chi connectivity index (χ1v) is 17.2. The summed E-state index contributed by atoms with van der Waals surface area (Å²) in [7, 11) is -2.73. The molecule has 4 rings (SSSR count). The van der Waals surface area contributed by atoms with Crippen molar-refractivity contribution in [3.05, 3.63) is 41.1 Å². The Bertz CT molecular complexity index is 939. The monoisotopic (exact) mass is 426 g/mol. The molecule has 1 spiro atoms. The van der Waals surface area contributed by atoms with Gasteiger partial charge in [0.2, 0.25) is 0 Å². The average Bonchev–Trinajstić information content (AvgIpc) is 3.05. The zero-order valence-electron chi connectivity index (χ0n) is 19.1. The predicted molar refractivity (Wildman–Crippen MR) is 123 cm³/mol. The molecular weight excluding hydrogens is 392 g/mol. The normalized spacial score (nSPS) is 32.8. The number of ketones is 1. The number of carbonyl (C=O) groups is 2. The molecule has 3 aliphatic carbocycles.